The third-order valence-corrected chi connectivity index (χ3v) is 6.36. The van der Waals surface area contributed by atoms with Gasteiger partial charge in [0.25, 0.3) is 0 Å². The van der Waals surface area contributed by atoms with Crippen LogP contribution in [0.1, 0.15) is 42.3 Å². The maximum atomic E-state index is 13.1. The Balaban J connectivity index is 1.50. The van der Waals surface area contributed by atoms with E-state index in [4.69, 9.17) is 0 Å². The van der Waals surface area contributed by atoms with Gasteiger partial charge in [0.05, 0.1) is 11.8 Å². The molecule has 3 aromatic rings. The normalized spacial score (nSPS) is 13.7. The second kappa shape index (κ2) is 9.27. The molecule has 5 nitrogen and oxygen atoms in total. The zero-order chi connectivity index (χ0) is 20.1. The SMILES string of the molecule is CN(C(=O)CSc1nnc2n1CCCCC2)C(c1ccccc1)c1ccccc1. The molecule has 0 aliphatic carbocycles. The van der Waals surface area contributed by atoms with E-state index in [0.29, 0.717) is 5.75 Å². The molecule has 0 atom stereocenters. The lowest BCUT2D eigenvalue weighted by molar-refractivity contribution is -0.128. The summed E-state index contributed by atoms with van der Waals surface area (Å²) >= 11 is 1.49. The van der Waals surface area contributed by atoms with Crippen LogP contribution in [0.25, 0.3) is 0 Å². The zero-order valence-corrected chi connectivity index (χ0v) is 17.5. The first-order valence-electron chi connectivity index (χ1n) is 10.1. The van der Waals surface area contributed by atoms with Crippen LogP contribution in [-0.4, -0.2) is 38.4 Å². The summed E-state index contributed by atoms with van der Waals surface area (Å²) in [4.78, 5) is 15.0. The van der Waals surface area contributed by atoms with Crippen LogP contribution in [0.2, 0.25) is 0 Å². The minimum absolute atomic E-state index is 0.0821. The van der Waals surface area contributed by atoms with Crippen LogP contribution in [0.3, 0.4) is 0 Å². The van der Waals surface area contributed by atoms with Gasteiger partial charge in [-0.2, -0.15) is 0 Å². The molecule has 0 bridgehead atoms. The minimum atomic E-state index is -0.110. The number of carbonyl (C=O) groups is 1. The van der Waals surface area contributed by atoms with Crippen LogP contribution in [-0.2, 0) is 17.8 Å². The molecule has 150 valence electrons. The first kappa shape index (κ1) is 19.7. The number of benzene rings is 2. The molecular formula is C23H26N4OS. The van der Waals surface area contributed by atoms with Crippen molar-refractivity contribution in [1.82, 2.24) is 19.7 Å². The fourth-order valence-corrected chi connectivity index (χ4v) is 4.75. The average molecular weight is 407 g/mol. The third kappa shape index (κ3) is 4.53. The minimum Gasteiger partial charge on any atom is -0.334 e. The van der Waals surface area contributed by atoms with Gasteiger partial charge in [0.15, 0.2) is 5.16 Å². The highest BCUT2D eigenvalue weighted by molar-refractivity contribution is 7.99. The standard InChI is InChI=1S/C23H26N4OS/c1-26(22(18-11-5-2-6-12-18)19-13-7-3-8-14-19)21(28)17-29-23-25-24-20-15-9-4-10-16-27(20)23/h2-3,5-8,11-14,22H,4,9-10,15-17H2,1H3. The number of amides is 1. The predicted molar refractivity (Wildman–Crippen MR) is 116 cm³/mol. The Bertz CT molecular complexity index is 903. The van der Waals surface area contributed by atoms with Crippen molar-refractivity contribution in [2.45, 2.75) is 43.4 Å². The molecule has 0 spiro atoms. The molecule has 2 aromatic carbocycles. The quantitative estimate of drug-likeness (QED) is 0.571. The highest BCUT2D eigenvalue weighted by Gasteiger charge is 2.24. The van der Waals surface area contributed by atoms with E-state index < -0.39 is 0 Å². The topological polar surface area (TPSA) is 51.0 Å². The molecule has 0 unspecified atom stereocenters. The lowest BCUT2D eigenvalue weighted by Gasteiger charge is -2.29. The van der Waals surface area contributed by atoms with Gasteiger partial charge in [-0.3, -0.25) is 4.79 Å². The molecule has 1 aromatic heterocycles. The Morgan fingerprint density at radius 3 is 2.31 bits per heavy atom. The first-order chi connectivity index (χ1) is 14.2. The Hall–Kier alpha value is -2.60. The van der Waals surface area contributed by atoms with Gasteiger partial charge >= 0.3 is 0 Å². The second-order valence-electron chi connectivity index (χ2n) is 7.38. The molecule has 0 fully saturated rings. The average Bonchev–Trinajstić information content (AvgIpc) is 2.99. The van der Waals surface area contributed by atoms with Gasteiger partial charge in [0.1, 0.15) is 5.82 Å². The fourth-order valence-electron chi connectivity index (χ4n) is 3.85. The van der Waals surface area contributed by atoms with Crippen molar-refractivity contribution >= 4 is 17.7 Å². The van der Waals surface area contributed by atoms with Crippen LogP contribution in [0, 0.1) is 0 Å². The van der Waals surface area contributed by atoms with Gasteiger partial charge in [-0.1, -0.05) is 78.8 Å². The predicted octanol–water partition coefficient (Wildman–Crippen LogP) is 4.34. The third-order valence-electron chi connectivity index (χ3n) is 5.41. The van der Waals surface area contributed by atoms with E-state index >= 15 is 0 Å². The number of hydrogen-bond acceptors (Lipinski definition) is 4. The van der Waals surface area contributed by atoms with Gasteiger partial charge < -0.3 is 9.47 Å². The number of rotatable bonds is 6. The summed E-state index contributed by atoms with van der Waals surface area (Å²) in [5.41, 5.74) is 2.21. The summed E-state index contributed by atoms with van der Waals surface area (Å²) < 4.78 is 2.19. The van der Waals surface area contributed by atoms with Crippen LogP contribution in [0.15, 0.2) is 65.8 Å². The number of aryl methyl sites for hydroxylation is 1. The van der Waals surface area contributed by atoms with E-state index in [2.05, 4.69) is 39.0 Å². The van der Waals surface area contributed by atoms with E-state index in [-0.39, 0.29) is 11.9 Å². The number of nitrogens with zero attached hydrogens (tertiary/aromatic N) is 4. The number of thioether (sulfide) groups is 1. The van der Waals surface area contributed by atoms with Crippen molar-refractivity contribution in [2.24, 2.45) is 0 Å². The molecule has 0 N–H and O–H groups in total. The summed E-state index contributed by atoms with van der Waals surface area (Å²) in [6.45, 7) is 0.950. The van der Waals surface area contributed by atoms with Crippen molar-refractivity contribution < 1.29 is 4.79 Å². The number of fused-ring (bicyclic) bond motifs is 1. The molecule has 4 rings (SSSR count). The van der Waals surface area contributed by atoms with Crippen LogP contribution in [0.5, 0.6) is 0 Å². The van der Waals surface area contributed by atoms with Gasteiger partial charge in [-0.15, -0.1) is 10.2 Å². The largest absolute Gasteiger partial charge is 0.334 e. The molecule has 2 heterocycles. The van der Waals surface area contributed by atoms with E-state index in [9.17, 15) is 4.79 Å². The first-order valence-corrected chi connectivity index (χ1v) is 11.1. The van der Waals surface area contributed by atoms with Crippen LogP contribution < -0.4 is 0 Å². The summed E-state index contributed by atoms with van der Waals surface area (Å²) in [7, 11) is 1.89. The second-order valence-corrected chi connectivity index (χ2v) is 8.32. The van der Waals surface area contributed by atoms with E-state index in [1.807, 2.05) is 48.3 Å². The van der Waals surface area contributed by atoms with Gasteiger partial charge in [-0.25, -0.2) is 0 Å². The lowest BCUT2D eigenvalue weighted by Crippen LogP contribution is -2.33. The highest BCUT2D eigenvalue weighted by Crippen LogP contribution is 2.29. The van der Waals surface area contributed by atoms with E-state index in [1.54, 1.807) is 0 Å². The molecule has 0 radical (unpaired) electrons. The maximum Gasteiger partial charge on any atom is 0.233 e. The summed E-state index contributed by atoms with van der Waals surface area (Å²) in [5, 5.41) is 9.53. The number of hydrogen-bond donors (Lipinski definition) is 0. The fraction of sp³-hybridized carbons (Fsp3) is 0.348. The highest BCUT2D eigenvalue weighted by atomic mass is 32.2. The maximum absolute atomic E-state index is 13.1. The molecule has 1 aliphatic heterocycles. The molecular weight excluding hydrogens is 380 g/mol. The van der Waals surface area contributed by atoms with Crippen molar-refractivity contribution in [3.63, 3.8) is 0 Å². The van der Waals surface area contributed by atoms with Crippen molar-refractivity contribution in [2.75, 3.05) is 12.8 Å². The number of aromatic nitrogens is 3. The zero-order valence-electron chi connectivity index (χ0n) is 16.7. The van der Waals surface area contributed by atoms with Crippen LogP contribution >= 0.6 is 11.8 Å². The molecule has 29 heavy (non-hydrogen) atoms. The monoisotopic (exact) mass is 406 g/mol. The summed E-state index contributed by atoms with van der Waals surface area (Å²) in [5.74, 6) is 1.49. The van der Waals surface area contributed by atoms with E-state index in [0.717, 1.165) is 41.5 Å². The van der Waals surface area contributed by atoms with Crippen LogP contribution in [0.4, 0.5) is 0 Å². The Labute approximate surface area is 176 Å². The van der Waals surface area contributed by atoms with Gasteiger partial charge in [0, 0.05) is 20.0 Å². The molecule has 0 saturated heterocycles. The lowest BCUT2D eigenvalue weighted by atomic mass is 9.97. The molecule has 0 saturated carbocycles. The Morgan fingerprint density at radius 1 is 1.00 bits per heavy atom. The Morgan fingerprint density at radius 2 is 1.66 bits per heavy atom. The Kier molecular flexibility index (Phi) is 6.30. The van der Waals surface area contributed by atoms with Gasteiger partial charge in [0.2, 0.25) is 5.91 Å². The van der Waals surface area contributed by atoms with Crippen molar-refractivity contribution in [3.05, 3.63) is 77.6 Å². The van der Waals surface area contributed by atoms with Crippen molar-refractivity contribution in [1.29, 1.82) is 0 Å². The summed E-state index contributed by atoms with van der Waals surface area (Å²) in [6.07, 6.45) is 4.52. The van der Waals surface area contributed by atoms with Gasteiger partial charge in [-0.05, 0) is 24.0 Å². The number of carbonyl (C=O) groups excluding carboxylic acids is 1. The van der Waals surface area contributed by atoms with Crippen molar-refractivity contribution in [3.8, 4) is 0 Å². The van der Waals surface area contributed by atoms with E-state index in [1.165, 1.54) is 24.6 Å². The summed E-state index contributed by atoms with van der Waals surface area (Å²) in [6, 6.07) is 20.3. The smallest absolute Gasteiger partial charge is 0.233 e. The molecule has 1 amide bonds. The molecule has 6 heteroatoms. The molecule has 1 aliphatic rings.